The Kier molecular flexibility index (Phi) is 15.5. The van der Waals surface area contributed by atoms with Gasteiger partial charge in [0.05, 0.1) is 6.61 Å². The Bertz CT molecular complexity index is 1000. The number of unbranched alkanes of at least 4 members (excludes halogenated alkanes) is 3. The Hall–Kier alpha value is -3.03. The van der Waals surface area contributed by atoms with Gasteiger partial charge in [-0.1, -0.05) is 19.8 Å². The van der Waals surface area contributed by atoms with E-state index in [2.05, 4.69) is 20.7 Å². The minimum absolute atomic E-state index is 0.0219. The molecule has 0 saturated carbocycles. The number of ether oxygens (including phenoxy) is 1. The van der Waals surface area contributed by atoms with E-state index in [0.717, 1.165) is 12.8 Å². The fourth-order valence-corrected chi connectivity index (χ4v) is 4.21. The van der Waals surface area contributed by atoms with Crippen LogP contribution in [0.3, 0.4) is 0 Å². The molecule has 1 heterocycles. The highest BCUT2D eigenvalue weighted by Gasteiger charge is 2.69. The third-order valence-corrected chi connectivity index (χ3v) is 7.05. The highest BCUT2D eigenvalue weighted by molar-refractivity contribution is 5.93. The van der Waals surface area contributed by atoms with Crippen LogP contribution in [-0.4, -0.2) is 128 Å². The van der Waals surface area contributed by atoms with Crippen LogP contribution in [0.5, 0.6) is 0 Å². The Morgan fingerprint density at radius 3 is 2.09 bits per heavy atom. The van der Waals surface area contributed by atoms with Gasteiger partial charge in [0, 0.05) is 13.0 Å². The molecule has 44 heavy (non-hydrogen) atoms. The number of carboxylic acid groups (broad SMARTS) is 1. The minimum Gasteiger partial charge on any atom is -0.480 e. The second-order valence-corrected chi connectivity index (χ2v) is 10.7. The van der Waals surface area contributed by atoms with Crippen LogP contribution in [0.4, 0.5) is 8.78 Å². The van der Waals surface area contributed by atoms with Crippen molar-refractivity contribution in [2.75, 3.05) is 13.2 Å². The standard InChI is InChI=1S/C26H44F2N4O12/c1-4-5-6-10-17(34)32-15(22(39)30-13(2)21(38)31-14(3)23(40)41)9-7-8-11-29-24(42)25(27,28)26(43)20(37)19(36)18(35)16(12-33)44-26/h13-16,18-20,33,35-37,43H,4-12H2,1-3H3,(H,29,42)(H,30,39)(H,31,38)(H,32,34)(H,40,41)/t13-,14+,15?,16+,18-,19-,20+,26+/m0/s1. The molecule has 0 bridgehead atoms. The molecule has 1 aliphatic heterocycles. The van der Waals surface area contributed by atoms with Crippen molar-refractivity contribution < 1.29 is 68.1 Å². The summed E-state index contributed by atoms with van der Waals surface area (Å²) in [5, 5.41) is 66.9. The van der Waals surface area contributed by atoms with Crippen LogP contribution in [0.1, 0.15) is 65.7 Å². The summed E-state index contributed by atoms with van der Waals surface area (Å²) >= 11 is 0. The molecule has 1 rings (SSSR count). The van der Waals surface area contributed by atoms with Crippen molar-refractivity contribution in [3.8, 4) is 0 Å². The minimum atomic E-state index is -4.86. The number of carbonyl (C=O) groups is 5. The number of carboxylic acids is 1. The molecule has 16 nitrogen and oxygen atoms in total. The van der Waals surface area contributed by atoms with E-state index in [1.54, 1.807) is 0 Å². The first-order valence-electron chi connectivity index (χ1n) is 14.3. The van der Waals surface area contributed by atoms with Crippen LogP contribution in [0.25, 0.3) is 0 Å². The van der Waals surface area contributed by atoms with Crippen LogP contribution in [-0.2, 0) is 28.7 Å². The van der Waals surface area contributed by atoms with Crippen molar-refractivity contribution in [2.45, 2.75) is 120 Å². The Morgan fingerprint density at radius 1 is 0.909 bits per heavy atom. The molecule has 10 N–H and O–H groups in total. The van der Waals surface area contributed by atoms with Crippen molar-refractivity contribution in [3.05, 3.63) is 0 Å². The predicted molar refractivity (Wildman–Crippen MR) is 146 cm³/mol. The van der Waals surface area contributed by atoms with Crippen LogP contribution in [0, 0.1) is 0 Å². The highest BCUT2D eigenvalue weighted by atomic mass is 19.3. The summed E-state index contributed by atoms with van der Waals surface area (Å²) in [5.74, 6) is -14.2. The Labute approximate surface area is 252 Å². The Morgan fingerprint density at radius 2 is 1.52 bits per heavy atom. The van der Waals surface area contributed by atoms with Gasteiger partial charge in [0.15, 0.2) is 0 Å². The number of amides is 4. The third-order valence-electron chi connectivity index (χ3n) is 7.05. The molecule has 8 atom stereocenters. The van der Waals surface area contributed by atoms with Gasteiger partial charge in [-0.25, -0.2) is 0 Å². The van der Waals surface area contributed by atoms with Crippen LogP contribution in [0.15, 0.2) is 0 Å². The lowest BCUT2D eigenvalue weighted by Gasteiger charge is -2.47. The van der Waals surface area contributed by atoms with Crippen molar-refractivity contribution in [1.82, 2.24) is 21.3 Å². The summed E-state index contributed by atoms with van der Waals surface area (Å²) < 4.78 is 34.3. The SMILES string of the molecule is CCCCCC(=O)NC(CCCCNC(=O)C(F)(F)[C@]1(O)O[C@H](CO)[C@H](O)[C@H](O)[C@H]1O)C(=O)N[C@@H](C)C(=O)N[C@H](C)C(=O)O. The molecule has 0 aromatic rings. The zero-order chi connectivity index (χ0) is 33.8. The first-order valence-corrected chi connectivity index (χ1v) is 14.3. The normalized spacial score (nSPS) is 25.7. The van der Waals surface area contributed by atoms with E-state index >= 15 is 0 Å². The molecule has 1 unspecified atom stereocenters. The molecule has 0 spiro atoms. The van der Waals surface area contributed by atoms with Crippen molar-refractivity contribution >= 4 is 29.6 Å². The second-order valence-electron chi connectivity index (χ2n) is 10.7. The fourth-order valence-electron chi connectivity index (χ4n) is 4.21. The monoisotopic (exact) mass is 642 g/mol. The average Bonchev–Trinajstić information content (AvgIpc) is 2.96. The summed E-state index contributed by atoms with van der Waals surface area (Å²) in [6.45, 7) is 2.92. The molecule has 1 saturated heterocycles. The molecular formula is C26H44F2N4O12. The summed E-state index contributed by atoms with van der Waals surface area (Å²) in [4.78, 5) is 60.7. The Balaban J connectivity index is 2.80. The summed E-state index contributed by atoms with van der Waals surface area (Å²) in [7, 11) is 0. The third kappa shape index (κ3) is 10.3. The number of aliphatic carboxylic acids is 1. The van der Waals surface area contributed by atoms with Crippen molar-refractivity contribution in [2.24, 2.45) is 0 Å². The summed E-state index contributed by atoms with van der Waals surface area (Å²) in [5.41, 5.74) is 0. The molecular weight excluding hydrogens is 598 g/mol. The first kappa shape index (κ1) is 39.0. The van der Waals surface area contributed by atoms with E-state index in [0.29, 0.717) is 6.42 Å². The van der Waals surface area contributed by atoms with Crippen molar-refractivity contribution in [1.29, 1.82) is 0 Å². The second kappa shape index (κ2) is 17.5. The number of carbonyl (C=O) groups excluding carboxylic acids is 4. The molecule has 18 heteroatoms. The van der Waals surface area contributed by atoms with Crippen LogP contribution >= 0.6 is 0 Å². The lowest BCUT2D eigenvalue weighted by molar-refractivity contribution is -0.401. The van der Waals surface area contributed by atoms with E-state index in [9.17, 15) is 58.3 Å². The van der Waals surface area contributed by atoms with Gasteiger partial charge in [-0.2, -0.15) is 8.78 Å². The van der Waals surface area contributed by atoms with E-state index < -0.39 is 97.0 Å². The number of hydrogen-bond acceptors (Lipinski definition) is 11. The lowest BCUT2D eigenvalue weighted by Crippen LogP contribution is -2.73. The maximum atomic E-state index is 14.9. The topological polar surface area (TPSA) is 264 Å². The van der Waals surface area contributed by atoms with E-state index in [4.69, 9.17) is 5.11 Å². The van der Waals surface area contributed by atoms with Gasteiger partial charge >= 0.3 is 11.9 Å². The van der Waals surface area contributed by atoms with Crippen LogP contribution in [0.2, 0.25) is 0 Å². The number of hydrogen-bond donors (Lipinski definition) is 10. The number of nitrogens with one attached hydrogen (secondary N) is 4. The van der Waals surface area contributed by atoms with Gasteiger partial charge in [-0.15, -0.1) is 0 Å². The maximum absolute atomic E-state index is 14.9. The van der Waals surface area contributed by atoms with E-state index in [-0.39, 0.29) is 25.7 Å². The molecule has 0 aliphatic carbocycles. The van der Waals surface area contributed by atoms with Gasteiger partial charge in [-0.05, 0) is 39.5 Å². The molecule has 1 aliphatic rings. The van der Waals surface area contributed by atoms with Crippen LogP contribution < -0.4 is 21.3 Å². The maximum Gasteiger partial charge on any atom is 0.379 e. The van der Waals surface area contributed by atoms with E-state index in [1.807, 2.05) is 12.2 Å². The van der Waals surface area contributed by atoms with E-state index in [1.165, 1.54) is 13.8 Å². The van der Waals surface area contributed by atoms with Gasteiger partial charge in [0.1, 0.15) is 42.5 Å². The molecule has 4 amide bonds. The highest BCUT2D eigenvalue weighted by Crippen LogP contribution is 2.40. The van der Waals surface area contributed by atoms with Gasteiger partial charge in [0.25, 0.3) is 11.7 Å². The number of rotatable bonds is 18. The molecule has 0 aromatic heterocycles. The van der Waals surface area contributed by atoms with Gasteiger partial charge < -0.3 is 56.6 Å². The zero-order valence-corrected chi connectivity index (χ0v) is 24.8. The number of halogens is 2. The molecule has 0 aromatic carbocycles. The summed E-state index contributed by atoms with van der Waals surface area (Å²) in [6, 6.07) is -3.55. The average molecular weight is 643 g/mol. The molecule has 1 fully saturated rings. The largest absolute Gasteiger partial charge is 0.480 e. The number of alkyl halides is 2. The number of aliphatic hydroxyl groups excluding tert-OH is 4. The summed E-state index contributed by atoms with van der Waals surface area (Å²) in [6.07, 6.45) is -6.87. The van der Waals surface area contributed by atoms with Gasteiger partial charge in [-0.3, -0.25) is 24.0 Å². The quantitative estimate of drug-likeness (QED) is 0.0681. The first-order chi connectivity index (χ1) is 20.4. The lowest BCUT2D eigenvalue weighted by atomic mass is 9.88. The molecule has 254 valence electrons. The fraction of sp³-hybridized carbons (Fsp3) is 0.808. The molecule has 0 radical (unpaired) electrons. The zero-order valence-electron chi connectivity index (χ0n) is 24.8. The van der Waals surface area contributed by atoms with Crippen molar-refractivity contribution in [3.63, 3.8) is 0 Å². The number of aliphatic hydroxyl groups is 5. The predicted octanol–water partition coefficient (Wildman–Crippen LogP) is -2.77. The smallest absolute Gasteiger partial charge is 0.379 e. The van der Waals surface area contributed by atoms with Gasteiger partial charge in [0.2, 0.25) is 17.7 Å².